The topological polar surface area (TPSA) is 111 Å². The fourth-order valence-corrected chi connectivity index (χ4v) is 3.96. The Morgan fingerprint density at radius 1 is 1.41 bits per heavy atom. The molecule has 0 bridgehead atoms. The predicted molar refractivity (Wildman–Crippen MR) is 115 cm³/mol. The summed E-state index contributed by atoms with van der Waals surface area (Å²) in [6.07, 6.45) is 5.72. The molecule has 0 spiro atoms. The van der Waals surface area contributed by atoms with Gasteiger partial charge in [0.25, 0.3) is 0 Å². The number of fused-ring (bicyclic) bond motifs is 1. The molecule has 1 atom stereocenters. The highest BCUT2D eigenvalue weighted by molar-refractivity contribution is 7.14. The molecule has 1 aliphatic rings. The number of aromatic nitrogens is 2. The maximum atomic E-state index is 12.1. The van der Waals surface area contributed by atoms with Gasteiger partial charge < -0.3 is 19.7 Å². The standard InChI is InChI=1S/C19H28N5O4P/c1-18(2,3)28-17(25)22-19(4)8-5-12(6-9-19)21-15-13-7-10-23(29)16(13)20-11-14(15)24(26)27/h7,10-12H,5-6,8-9,29H2,1-4H3,(H,20,21)(H,22,25). The van der Waals surface area contributed by atoms with Gasteiger partial charge in [-0.05, 0) is 68.8 Å². The summed E-state index contributed by atoms with van der Waals surface area (Å²) in [6, 6.07) is 1.89. The van der Waals surface area contributed by atoms with E-state index in [1.165, 1.54) is 6.20 Å². The van der Waals surface area contributed by atoms with Crippen LogP contribution in [-0.2, 0) is 4.74 Å². The Hall–Kier alpha value is -2.41. The molecule has 0 aromatic carbocycles. The Morgan fingerprint density at radius 3 is 2.66 bits per heavy atom. The van der Waals surface area contributed by atoms with E-state index in [1.807, 2.05) is 33.8 Å². The van der Waals surface area contributed by atoms with Crippen LogP contribution in [-0.4, -0.2) is 37.5 Å². The van der Waals surface area contributed by atoms with Crippen molar-refractivity contribution in [1.82, 2.24) is 14.6 Å². The minimum Gasteiger partial charge on any atom is -0.444 e. The maximum absolute atomic E-state index is 12.1. The second-order valence-corrected chi connectivity index (χ2v) is 9.40. The zero-order chi connectivity index (χ0) is 21.4. The molecule has 0 radical (unpaired) electrons. The van der Waals surface area contributed by atoms with E-state index < -0.39 is 16.6 Å². The number of amides is 1. The summed E-state index contributed by atoms with van der Waals surface area (Å²) in [5.74, 6) is 0. The van der Waals surface area contributed by atoms with Crippen LogP contribution in [0.1, 0.15) is 53.4 Å². The molecule has 2 heterocycles. The fourth-order valence-electron chi connectivity index (χ4n) is 3.66. The lowest BCUT2D eigenvalue weighted by molar-refractivity contribution is -0.384. The first-order valence-electron chi connectivity index (χ1n) is 9.65. The molecule has 9 nitrogen and oxygen atoms in total. The highest BCUT2D eigenvalue weighted by Gasteiger charge is 2.34. The van der Waals surface area contributed by atoms with Crippen LogP contribution in [0.2, 0.25) is 0 Å². The van der Waals surface area contributed by atoms with Gasteiger partial charge in [0.05, 0.1) is 4.92 Å². The monoisotopic (exact) mass is 421 g/mol. The van der Waals surface area contributed by atoms with Gasteiger partial charge in [-0.1, -0.05) is 0 Å². The van der Waals surface area contributed by atoms with E-state index in [-0.39, 0.29) is 17.3 Å². The van der Waals surface area contributed by atoms with Gasteiger partial charge in [0.1, 0.15) is 23.1 Å². The van der Waals surface area contributed by atoms with Crippen LogP contribution in [0.3, 0.4) is 0 Å². The van der Waals surface area contributed by atoms with Crippen LogP contribution >= 0.6 is 9.39 Å². The SMILES string of the molecule is CC1(NC(=O)OC(C)(C)C)CCC(Nc2c([N+](=O)[O-])cnc3c2ccn3P)CC1. The van der Waals surface area contributed by atoms with Crippen LogP contribution in [0.25, 0.3) is 11.0 Å². The normalized spacial score (nSPS) is 22.3. The van der Waals surface area contributed by atoms with Crippen LogP contribution < -0.4 is 10.6 Å². The van der Waals surface area contributed by atoms with Gasteiger partial charge in [-0.15, -0.1) is 0 Å². The van der Waals surface area contributed by atoms with Crippen molar-refractivity contribution < 1.29 is 14.5 Å². The molecule has 2 N–H and O–H groups in total. The van der Waals surface area contributed by atoms with Crippen LogP contribution in [0.15, 0.2) is 18.5 Å². The summed E-state index contributed by atoms with van der Waals surface area (Å²) < 4.78 is 7.13. The summed E-state index contributed by atoms with van der Waals surface area (Å²) in [4.78, 5) is 27.4. The number of rotatable bonds is 4. The number of nitrogens with zero attached hydrogens (tertiary/aromatic N) is 3. The van der Waals surface area contributed by atoms with E-state index in [1.54, 1.807) is 10.5 Å². The number of nitro groups is 1. The Kier molecular flexibility index (Phi) is 5.72. The molecule has 29 heavy (non-hydrogen) atoms. The van der Waals surface area contributed by atoms with Gasteiger partial charge in [-0.3, -0.25) is 10.1 Å². The molecule has 158 valence electrons. The molecular formula is C19H28N5O4P. The summed E-state index contributed by atoms with van der Waals surface area (Å²) >= 11 is 0. The summed E-state index contributed by atoms with van der Waals surface area (Å²) in [7, 11) is 2.52. The second kappa shape index (κ2) is 7.78. The minimum absolute atomic E-state index is 0.0334. The van der Waals surface area contributed by atoms with Crippen molar-refractivity contribution in [3.63, 3.8) is 0 Å². The quantitative estimate of drug-likeness (QED) is 0.434. The zero-order valence-corrected chi connectivity index (χ0v) is 18.3. The Bertz CT molecular complexity index is 929. The zero-order valence-electron chi connectivity index (χ0n) is 17.2. The van der Waals surface area contributed by atoms with E-state index in [0.717, 1.165) is 31.1 Å². The average Bonchev–Trinajstić information content (AvgIpc) is 2.97. The summed E-state index contributed by atoms with van der Waals surface area (Å²) in [6.45, 7) is 7.51. The van der Waals surface area contributed by atoms with Crippen molar-refractivity contribution >= 4 is 37.9 Å². The van der Waals surface area contributed by atoms with Crippen molar-refractivity contribution in [1.29, 1.82) is 0 Å². The number of hydrogen-bond donors (Lipinski definition) is 2. The highest BCUT2D eigenvalue weighted by atomic mass is 31.0. The number of alkyl carbamates (subject to hydrolysis) is 1. The first-order valence-corrected chi connectivity index (χ1v) is 10.2. The van der Waals surface area contributed by atoms with E-state index in [4.69, 9.17) is 4.74 Å². The van der Waals surface area contributed by atoms with E-state index >= 15 is 0 Å². The van der Waals surface area contributed by atoms with Crippen LogP contribution in [0, 0.1) is 10.1 Å². The summed E-state index contributed by atoms with van der Waals surface area (Å²) in [5.41, 5.74) is 0.224. The van der Waals surface area contributed by atoms with E-state index in [2.05, 4.69) is 25.0 Å². The number of carbonyl (C=O) groups is 1. The number of nitrogens with one attached hydrogen (secondary N) is 2. The third-order valence-corrected chi connectivity index (χ3v) is 5.58. The van der Waals surface area contributed by atoms with Gasteiger partial charge in [0, 0.05) is 23.2 Å². The number of hydrogen-bond acceptors (Lipinski definition) is 6. The van der Waals surface area contributed by atoms with Crippen LogP contribution in [0.4, 0.5) is 16.2 Å². The van der Waals surface area contributed by atoms with Crippen molar-refractivity contribution in [3.05, 3.63) is 28.6 Å². The second-order valence-electron chi connectivity index (χ2n) is 8.84. The molecular weight excluding hydrogens is 393 g/mol. The van der Waals surface area contributed by atoms with Gasteiger partial charge in [0.2, 0.25) is 0 Å². The molecule has 1 aliphatic carbocycles. The molecule has 0 aliphatic heterocycles. The average molecular weight is 421 g/mol. The first kappa shape index (κ1) is 21.3. The number of anilines is 1. The number of pyridine rings is 1. The fraction of sp³-hybridized carbons (Fsp3) is 0.579. The molecule has 1 fully saturated rings. The molecule has 3 rings (SSSR count). The Labute approximate surface area is 172 Å². The van der Waals surface area contributed by atoms with E-state index in [0.29, 0.717) is 11.3 Å². The van der Waals surface area contributed by atoms with Crippen molar-refractivity contribution in [2.75, 3.05) is 5.32 Å². The lowest BCUT2D eigenvalue weighted by Crippen LogP contribution is -2.51. The first-order chi connectivity index (χ1) is 13.5. The van der Waals surface area contributed by atoms with Gasteiger partial charge in [0.15, 0.2) is 0 Å². The molecule has 2 aromatic rings. The highest BCUT2D eigenvalue weighted by Crippen LogP contribution is 2.36. The molecule has 10 heteroatoms. The largest absolute Gasteiger partial charge is 0.444 e. The van der Waals surface area contributed by atoms with Crippen molar-refractivity contribution in [3.8, 4) is 0 Å². The van der Waals surface area contributed by atoms with Crippen LogP contribution in [0.5, 0.6) is 0 Å². The summed E-state index contributed by atoms with van der Waals surface area (Å²) in [5, 5.41) is 18.6. The van der Waals surface area contributed by atoms with Crippen molar-refractivity contribution in [2.24, 2.45) is 0 Å². The van der Waals surface area contributed by atoms with Gasteiger partial charge >= 0.3 is 11.8 Å². The van der Waals surface area contributed by atoms with Gasteiger partial charge in [-0.2, -0.15) is 0 Å². The lowest BCUT2D eigenvalue weighted by atomic mass is 9.80. The maximum Gasteiger partial charge on any atom is 0.408 e. The third-order valence-electron chi connectivity index (χ3n) is 5.16. The van der Waals surface area contributed by atoms with Gasteiger partial charge in [-0.25, -0.2) is 9.78 Å². The molecule has 0 saturated heterocycles. The smallest absolute Gasteiger partial charge is 0.408 e. The predicted octanol–water partition coefficient (Wildman–Crippen LogP) is 4.22. The minimum atomic E-state index is -0.543. The molecule has 1 saturated carbocycles. The molecule has 1 unspecified atom stereocenters. The number of carbonyl (C=O) groups excluding carboxylic acids is 1. The Balaban J connectivity index is 1.70. The lowest BCUT2D eigenvalue weighted by Gasteiger charge is -2.38. The number of ether oxygens (including phenoxy) is 1. The van der Waals surface area contributed by atoms with E-state index in [9.17, 15) is 14.9 Å². The van der Waals surface area contributed by atoms with Crippen molar-refractivity contribution in [2.45, 2.75) is 70.6 Å². The Morgan fingerprint density at radius 2 is 2.07 bits per heavy atom. The molecule has 2 aromatic heterocycles. The molecule has 1 amide bonds. The third kappa shape index (κ3) is 4.96.